The molecule has 1 N–H and O–H groups in total. The van der Waals surface area contributed by atoms with Crippen molar-refractivity contribution >= 4 is 0 Å². The van der Waals surface area contributed by atoms with Gasteiger partial charge in [0.15, 0.2) is 0 Å². The third kappa shape index (κ3) is 3.58. The van der Waals surface area contributed by atoms with Crippen LogP contribution in [0.4, 0.5) is 0 Å². The minimum Gasteiger partial charge on any atom is -0.390 e. The first-order valence-electron chi connectivity index (χ1n) is 5.93. The lowest BCUT2D eigenvalue weighted by Gasteiger charge is -2.33. The zero-order chi connectivity index (χ0) is 10.6. The van der Waals surface area contributed by atoms with Gasteiger partial charge in [-0.05, 0) is 31.1 Å². The molecule has 1 fully saturated rings. The molecule has 3 atom stereocenters. The zero-order valence-corrected chi connectivity index (χ0v) is 9.70. The van der Waals surface area contributed by atoms with Gasteiger partial charge in [-0.1, -0.05) is 27.2 Å². The van der Waals surface area contributed by atoms with E-state index < -0.39 is 0 Å². The van der Waals surface area contributed by atoms with Gasteiger partial charge in [-0.3, -0.25) is 0 Å². The van der Waals surface area contributed by atoms with Crippen LogP contribution in [0.15, 0.2) is 0 Å². The number of rotatable bonds is 4. The largest absolute Gasteiger partial charge is 0.390 e. The number of ether oxygens (including phenoxy) is 1. The maximum atomic E-state index is 9.77. The van der Waals surface area contributed by atoms with Crippen molar-refractivity contribution in [3.63, 3.8) is 0 Å². The fraction of sp³-hybridized carbons (Fsp3) is 1.00. The molecular formula is C12H24O2. The molecule has 1 rings (SSSR count). The SMILES string of the molecule is CCC1CCC(O)C(OCC(C)C)C1. The highest BCUT2D eigenvalue weighted by Gasteiger charge is 2.28. The molecule has 0 saturated heterocycles. The molecule has 0 radical (unpaired) electrons. The molecule has 2 heteroatoms. The van der Waals surface area contributed by atoms with Crippen LogP contribution >= 0.6 is 0 Å². The molecule has 0 aromatic heterocycles. The van der Waals surface area contributed by atoms with Gasteiger partial charge in [0.1, 0.15) is 0 Å². The second-order valence-corrected chi connectivity index (χ2v) is 4.92. The Balaban J connectivity index is 2.32. The fourth-order valence-corrected chi connectivity index (χ4v) is 2.06. The summed E-state index contributed by atoms with van der Waals surface area (Å²) in [5, 5.41) is 9.77. The van der Waals surface area contributed by atoms with Crippen LogP contribution in [-0.2, 0) is 4.74 Å². The van der Waals surface area contributed by atoms with Crippen LogP contribution in [0.1, 0.15) is 46.5 Å². The highest BCUT2D eigenvalue weighted by Crippen LogP contribution is 2.28. The second-order valence-electron chi connectivity index (χ2n) is 4.92. The topological polar surface area (TPSA) is 29.5 Å². The smallest absolute Gasteiger partial charge is 0.0836 e. The Morgan fingerprint density at radius 3 is 2.64 bits per heavy atom. The van der Waals surface area contributed by atoms with Crippen molar-refractivity contribution < 1.29 is 9.84 Å². The van der Waals surface area contributed by atoms with E-state index in [2.05, 4.69) is 20.8 Å². The van der Waals surface area contributed by atoms with E-state index >= 15 is 0 Å². The van der Waals surface area contributed by atoms with Crippen molar-refractivity contribution in [2.75, 3.05) is 6.61 Å². The van der Waals surface area contributed by atoms with Gasteiger partial charge in [0.25, 0.3) is 0 Å². The van der Waals surface area contributed by atoms with Crippen molar-refractivity contribution in [2.45, 2.75) is 58.7 Å². The summed E-state index contributed by atoms with van der Waals surface area (Å²) >= 11 is 0. The van der Waals surface area contributed by atoms with Crippen LogP contribution in [0.2, 0.25) is 0 Å². The Bertz CT molecular complexity index is 156. The molecule has 0 aromatic carbocycles. The summed E-state index contributed by atoms with van der Waals surface area (Å²) < 4.78 is 5.74. The van der Waals surface area contributed by atoms with E-state index in [9.17, 15) is 5.11 Å². The van der Waals surface area contributed by atoms with Crippen molar-refractivity contribution in [2.24, 2.45) is 11.8 Å². The minimum absolute atomic E-state index is 0.0936. The van der Waals surface area contributed by atoms with Crippen LogP contribution in [0.3, 0.4) is 0 Å². The van der Waals surface area contributed by atoms with E-state index in [0.29, 0.717) is 5.92 Å². The Kier molecular flexibility index (Phi) is 4.90. The first-order chi connectivity index (χ1) is 6.63. The third-order valence-corrected chi connectivity index (χ3v) is 3.09. The number of hydrogen-bond acceptors (Lipinski definition) is 2. The Morgan fingerprint density at radius 1 is 1.36 bits per heavy atom. The maximum absolute atomic E-state index is 9.77. The van der Waals surface area contributed by atoms with Gasteiger partial charge in [0.2, 0.25) is 0 Å². The maximum Gasteiger partial charge on any atom is 0.0836 e. The van der Waals surface area contributed by atoms with Gasteiger partial charge in [-0.15, -0.1) is 0 Å². The molecule has 1 aliphatic rings. The monoisotopic (exact) mass is 200 g/mol. The van der Waals surface area contributed by atoms with Gasteiger partial charge >= 0.3 is 0 Å². The first-order valence-corrected chi connectivity index (χ1v) is 5.93. The second kappa shape index (κ2) is 5.72. The van der Waals surface area contributed by atoms with Gasteiger partial charge in [-0.25, -0.2) is 0 Å². The Morgan fingerprint density at radius 2 is 2.07 bits per heavy atom. The molecule has 14 heavy (non-hydrogen) atoms. The summed E-state index contributed by atoms with van der Waals surface area (Å²) in [5.74, 6) is 1.32. The molecule has 84 valence electrons. The number of hydrogen-bond donors (Lipinski definition) is 1. The first kappa shape index (κ1) is 12.0. The standard InChI is InChI=1S/C12H24O2/c1-4-10-5-6-11(13)12(7-10)14-8-9(2)3/h9-13H,4-8H2,1-3H3. The molecule has 0 heterocycles. The Labute approximate surface area is 87.7 Å². The summed E-state index contributed by atoms with van der Waals surface area (Å²) in [5.41, 5.74) is 0. The number of aliphatic hydroxyl groups excluding tert-OH is 1. The lowest BCUT2D eigenvalue weighted by Crippen LogP contribution is -2.36. The summed E-state index contributed by atoms with van der Waals surface area (Å²) in [6.45, 7) is 7.29. The van der Waals surface area contributed by atoms with Crippen LogP contribution in [0.5, 0.6) is 0 Å². The van der Waals surface area contributed by atoms with Gasteiger partial charge in [-0.2, -0.15) is 0 Å². The molecule has 3 unspecified atom stereocenters. The summed E-state index contributed by atoms with van der Waals surface area (Å²) in [7, 11) is 0. The normalized spacial score (nSPS) is 33.6. The van der Waals surface area contributed by atoms with Crippen LogP contribution in [0, 0.1) is 11.8 Å². The molecule has 1 saturated carbocycles. The average Bonchev–Trinajstić information content (AvgIpc) is 2.16. The average molecular weight is 200 g/mol. The minimum atomic E-state index is -0.225. The van der Waals surface area contributed by atoms with Crippen LogP contribution < -0.4 is 0 Å². The van der Waals surface area contributed by atoms with Crippen molar-refractivity contribution in [3.8, 4) is 0 Å². The van der Waals surface area contributed by atoms with Gasteiger partial charge in [0.05, 0.1) is 12.2 Å². The van der Waals surface area contributed by atoms with Crippen molar-refractivity contribution in [1.29, 1.82) is 0 Å². The molecule has 2 nitrogen and oxygen atoms in total. The molecule has 1 aliphatic carbocycles. The highest BCUT2D eigenvalue weighted by molar-refractivity contribution is 4.80. The highest BCUT2D eigenvalue weighted by atomic mass is 16.5. The fourth-order valence-electron chi connectivity index (χ4n) is 2.06. The molecule has 0 amide bonds. The quantitative estimate of drug-likeness (QED) is 0.756. The molecular weight excluding hydrogens is 176 g/mol. The summed E-state index contributed by atoms with van der Waals surface area (Å²) in [4.78, 5) is 0. The lowest BCUT2D eigenvalue weighted by molar-refractivity contribution is -0.0784. The molecule has 0 bridgehead atoms. The molecule has 0 aliphatic heterocycles. The predicted octanol–water partition coefficient (Wildman–Crippen LogP) is 2.60. The van der Waals surface area contributed by atoms with E-state index in [1.165, 1.54) is 12.8 Å². The predicted molar refractivity (Wildman–Crippen MR) is 58.2 cm³/mol. The van der Waals surface area contributed by atoms with Gasteiger partial charge in [0, 0.05) is 6.61 Å². The van der Waals surface area contributed by atoms with E-state index in [0.717, 1.165) is 25.4 Å². The number of aliphatic hydroxyl groups is 1. The molecule has 0 spiro atoms. The van der Waals surface area contributed by atoms with E-state index in [-0.39, 0.29) is 12.2 Å². The van der Waals surface area contributed by atoms with Crippen LogP contribution in [-0.4, -0.2) is 23.9 Å². The van der Waals surface area contributed by atoms with E-state index in [4.69, 9.17) is 4.74 Å². The lowest BCUT2D eigenvalue weighted by atomic mass is 9.84. The third-order valence-electron chi connectivity index (χ3n) is 3.09. The van der Waals surface area contributed by atoms with Crippen molar-refractivity contribution in [3.05, 3.63) is 0 Å². The zero-order valence-electron chi connectivity index (χ0n) is 9.70. The summed E-state index contributed by atoms with van der Waals surface area (Å²) in [6.07, 6.45) is 4.21. The van der Waals surface area contributed by atoms with Crippen molar-refractivity contribution in [1.82, 2.24) is 0 Å². The van der Waals surface area contributed by atoms with Crippen LogP contribution in [0.25, 0.3) is 0 Å². The Hall–Kier alpha value is -0.0800. The van der Waals surface area contributed by atoms with E-state index in [1.54, 1.807) is 0 Å². The van der Waals surface area contributed by atoms with E-state index in [1.807, 2.05) is 0 Å². The summed E-state index contributed by atoms with van der Waals surface area (Å²) in [6, 6.07) is 0. The molecule has 0 aromatic rings. The van der Waals surface area contributed by atoms with Gasteiger partial charge < -0.3 is 9.84 Å².